The smallest absolute Gasteiger partial charge is 0.252 e. The maximum Gasteiger partial charge on any atom is 0.252 e. The molecule has 1 fully saturated rings. The van der Waals surface area contributed by atoms with Crippen LogP contribution in [0.1, 0.15) is 30.6 Å². The Morgan fingerprint density at radius 2 is 2.20 bits per heavy atom. The molecule has 2 atom stereocenters. The lowest BCUT2D eigenvalue weighted by Crippen LogP contribution is -2.47. The standard InChI is InChI=1S/C18H23N3O4/c1-10(2)24-16-8-11-13(7-12(16)18(19)23)21-6-4-15(11)25-17-9-20-5-3-14(17)22/h4,6-8,10,14,17,20,22H,3,5,9H2,1-2H3,(H2,19,23)/t14-,17+/m1/s1. The zero-order valence-electron chi connectivity index (χ0n) is 14.4. The molecule has 1 aromatic carbocycles. The van der Waals surface area contributed by atoms with E-state index in [4.69, 9.17) is 15.2 Å². The van der Waals surface area contributed by atoms with Gasteiger partial charge >= 0.3 is 0 Å². The van der Waals surface area contributed by atoms with E-state index in [-0.39, 0.29) is 17.8 Å². The largest absolute Gasteiger partial charge is 0.490 e. The number of amides is 1. The molecule has 0 aliphatic carbocycles. The second kappa shape index (κ2) is 7.25. The number of benzene rings is 1. The third-order valence-electron chi connectivity index (χ3n) is 4.10. The Morgan fingerprint density at radius 1 is 1.40 bits per heavy atom. The number of carbonyl (C=O) groups excluding carboxylic acids is 1. The Bertz CT molecular complexity index is 778. The number of carbonyl (C=O) groups is 1. The van der Waals surface area contributed by atoms with Gasteiger partial charge in [-0.25, -0.2) is 0 Å². The van der Waals surface area contributed by atoms with Gasteiger partial charge in [-0.05, 0) is 45.0 Å². The average molecular weight is 345 g/mol. The summed E-state index contributed by atoms with van der Waals surface area (Å²) in [6.45, 7) is 5.09. The minimum Gasteiger partial charge on any atom is -0.490 e. The van der Waals surface area contributed by atoms with Crippen molar-refractivity contribution >= 4 is 16.8 Å². The van der Waals surface area contributed by atoms with E-state index in [0.29, 0.717) is 35.4 Å². The molecule has 1 amide bonds. The fourth-order valence-electron chi connectivity index (χ4n) is 2.89. The van der Waals surface area contributed by atoms with Gasteiger partial charge in [0.15, 0.2) is 0 Å². The summed E-state index contributed by atoms with van der Waals surface area (Å²) in [6.07, 6.45) is 1.27. The molecule has 1 aliphatic heterocycles. The van der Waals surface area contributed by atoms with Gasteiger partial charge in [-0.3, -0.25) is 9.78 Å². The summed E-state index contributed by atoms with van der Waals surface area (Å²) in [5.74, 6) is 0.412. The molecule has 0 bridgehead atoms. The monoisotopic (exact) mass is 345 g/mol. The number of nitrogens with two attached hydrogens (primary N) is 1. The molecule has 1 aliphatic rings. The number of hydrogen-bond acceptors (Lipinski definition) is 6. The fraction of sp³-hybridized carbons (Fsp3) is 0.444. The highest BCUT2D eigenvalue weighted by molar-refractivity contribution is 6.01. The van der Waals surface area contributed by atoms with Gasteiger partial charge in [0.25, 0.3) is 5.91 Å². The number of rotatable bonds is 5. The van der Waals surface area contributed by atoms with E-state index in [2.05, 4.69) is 10.3 Å². The van der Waals surface area contributed by atoms with Crippen LogP contribution < -0.4 is 20.5 Å². The number of pyridine rings is 1. The normalized spacial score (nSPS) is 20.6. The topological polar surface area (TPSA) is 107 Å². The summed E-state index contributed by atoms with van der Waals surface area (Å²) in [5, 5.41) is 14.0. The summed E-state index contributed by atoms with van der Waals surface area (Å²) in [4.78, 5) is 16.0. The Kier molecular flexibility index (Phi) is 5.06. The number of aliphatic hydroxyl groups excluding tert-OH is 1. The lowest BCUT2D eigenvalue weighted by atomic mass is 10.1. The van der Waals surface area contributed by atoms with Gasteiger partial charge in [0.2, 0.25) is 0 Å². The molecule has 1 aromatic heterocycles. The van der Waals surface area contributed by atoms with Crippen LogP contribution in [0.15, 0.2) is 24.4 Å². The van der Waals surface area contributed by atoms with Crippen LogP contribution in [0, 0.1) is 0 Å². The van der Waals surface area contributed by atoms with E-state index < -0.39 is 12.0 Å². The predicted molar refractivity (Wildman–Crippen MR) is 93.9 cm³/mol. The molecule has 0 saturated carbocycles. The van der Waals surface area contributed by atoms with Gasteiger partial charge < -0.3 is 25.6 Å². The van der Waals surface area contributed by atoms with Crippen molar-refractivity contribution in [2.75, 3.05) is 13.1 Å². The Balaban J connectivity index is 2.02. The lowest BCUT2D eigenvalue weighted by Gasteiger charge is -2.29. The van der Waals surface area contributed by atoms with Crippen molar-refractivity contribution in [2.24, 2.45) is 5.73 Å². The van der Waals surface area contributed by atoms with E-state index in [1.165, 1.54) is 0 Å². The summed E-state index contributed by atoms with van der Waals surface area (Å²) >= 11 is 0. The summed E-state index contributed by atoms with van der Waals surface area (Å²) in [5.41, 5.74) is 6.33. The third kappa shape index (κ3) is 3.83. The number of fused-ring (bicyclic) bond motifs is 1. The Labute approximate surface area is 146 Å². The molecular formula is C18H23N3O4. The van der Waals surface area contributed by atoms with E-state index in [0.717, 1.165) is 6.54 Å². The quantitative estimate of drug-likeness (QED) is 0.752. The molecule has 134 valence electrons. The van der Waals surface area contributed by atoms with E-state index >= 15 is 0 Å². The van der Waals surface area contributed by atoms with Crippen LogP contribution in [0.3, 0.4) is 0 Å². The minimum absolute atomic E-state index is 0.110. The first-order chi connectivity index (χ1) is 12.0. The molecule has 7 heteroatoms. The number of nitrogens with one attached hydrogen (secondary N) is 1. The highest BCUT2D eigenvalue weighted by Gasteiger charge is 2.25. The fourth-order valence-corrected chi connectivity index (χ4v) is 2.89. The minimum atomic E-state index is -0.572. The maximum absolute atomic E-state index is 11.7. The van der Waals surface area contributed by atoms with Gasteiger partial charge in [0.05, 0.1) is 23.3 Å². The van der Waals surface area contributed by atoms with Gasteiger partial charge in [0, 0.05) is 18.1 Å². The van der Waals surface area contributed by atoms with Crippen LogP contribution >= 0.6 is 0 Å². The number of primary amides is 1. The van der Waals surface area contributed by atoms with Crippen LogP contribution in [-0.4, -0.2) is 47.4 Å². The summed E-state index contributed by atoms with van der Waals surface area (Å²) in [6, 6.07) is 5.07. The van der Waals surface area contributed by atoms with Gasteiger partial charge in [-0.1, -0.05) is 0 Å². The Hall–Kier alpha value is -2.38. The van der Waals surface area contributed by atoms with Crippen LogP contribution in [0.4, 0.5) is 0 Å². The van der Waals surface area contributed by atoms with Gasteiger partial charge in [0.1, 0.15) is 17.6 Å². The van der Waals surface area contributed by atoms with Crippen LogP contribution in [0.25, 0.3) is 10.9 Å². The summed E-state index contributed by atoms with van der Waals surface area (Å²) < 4.78 is 11.8. The molecule has 7 nitrogen and oxygen atoms in total. The van der Waals surface area contributed by atoms with Crippen molar-refractivity contribution in [3.63, 3.8) is 0 Å². The molecule has 0 radical (unpaired) electrons. The van der Waals surface area contributed by atoms with Crippen molar-refractivity contribution < 1.29 is 19.4 Å². The van der Waals surface area contributed by atoms with E-state index in [9.17, 15) is 9.90 Å². The maximum atomic E-state index is 11.7. The second-order valence-electron chi connectivity index (χ2n) is 6.42. The number of aromatic nitrogens is 1. The van der Waals surface area contributed by atoms with Crippen LogP contribution in [0.2, 0.25) is 0 Å². The predicted octanol–water partition coefficient (Wildman–Crippen LogP) is 1.22. The average Bonchev–Trinajstić information content (AvgIpc) is 2.56. The molecule has 1 saturated heterocycles. The summed E-state index contributed by atoms with van der Waals surface area (Å²) in [7, 11) is 0. The first kappa shape index (κ1) is 17.4. The van der Waals surface area contributed by atoms with Crippen molar-refractivity contribution in [1.82, 2.24) is 10.3 Å². The lowest BCUT2D eigenvalue weighted by molar-refractivity contribution is 0.0166. The SMILES string of the molecule is CC(C)Oc1cc2c(O[C@H]3CNCC[C@H]3O)ccnc2cc1C(N)=O. The van der Waals surface area contributed by atoms with Gasteiger partial charge in [-0.2, -0.15) is 0 Å². The molecule has 3 rings (SSSR count). The van der Waals surface area contributed by atoms with Crippen molar-refractivity contribution in [2.45, 2.75) is 38.6 Å². The first-order valence-electron chi connectivity index (χ1n) is 8.40. The van der Waals surface area contributed by atoms with Crippen molar-refractivity contribution in [3.05, 3.63) is 30.0 Å². The van der Waals surface area contributed by atoms with Crippen molar-refractivity contribution in [3.8, 4) is 11.5 Å². The van der Waals surface area contributed by atoms with E-state index in [1.54, 1.807) is 24.4 Å². The number of piperidine rings is 1. The molecule has 0 spiro atoms. The molecule has 25 heavy (non-hydrogen) atoms. The highest BCUT2D eigenvalue weighted by atomic mass is 16.5. The zero-order chi connectivity index (χ0) is 18.0. The molecular weight excluding hydrogens is 322 g/mol. The van der Waals surface area contributed by atoms with Crippen LogP contribution in [-0.2, 0) is 0 Å². The number of aliphatic hydroxyl groups is 1. The second-order valence-corrected chi connectivity index (χ2v) is 6.42. The molecule has 4 N–H and O–H groups in total. The third-order valence-corrected chi connectivity index (χ3v) is 4.10. The van der Waals surface area contributed by atoms with E-state index in [1.807, 2.05) is 13.8 Å². The first-order valence-corrected chi connectivity index (χ1v) is 8.40. The molecule has 2 heterocycles. The number of ether oxygens (including phenoxy) is 2. The Morgan fingerprint density at radius 3 is 2.88 bits per heavy atom. The number of hydrogen-bond donors (Lipinski definition) is 3. The molecule has 2 aromatic rings. The van der Waals surface area contributed by atoms with Crippen molar-refractivity contribution in [1.29, 1.82) is 0 Å². The number of nitrogens with zero attached hydrogens (tertiary/aromatic N) is 1. The highest BCUT2D eigenvalue weighted by Crippen LogP contribution is 2.32. The van der Waals surface area contributed by atoms with Gasteiger partial charge in [-0.15, -0.1) is 0 Å². The molecule has 0 unspecified atom stereocenters. The zero-order valence-corrected chi connectivity index (χ0v) is 14.4. The van der Waals surface area contributed by atoms with Crippen LogP contribution in [0.5, 0.6) is 11.5 Å².